The zero-order valence-electron chi connectivity index (χ0n) is 12.0. The highest BCUT2D eigenvalue weighted by molar-refractivity contribution is 7.12. The lowest BCUT2D eigenvalue weighted by molar-refractivity contribution is -0.123. The first-order valence-electron chi connectivity index (χ1n) is 6.55. The molecule has 0 aliphatic heterocycles. The van der Waals surface area contributed by atoms with Crippen LogP contribution in [0.25, 0.3) is 0 Å². The maximum absolute atomic E-state index is 12.1. The van der Waals surface area contributed by atoms with Crippen LogP contribution in [0.3, 0.4) is 0 Å². The van der Waals surface area contributed by atoms with E-state index in [2.05, 4.69) is 10.1 Å². The molecule has 0 aliphatic carbocycles. The number of thiophene rings is 1. The van der Waals surface area contributed by atoms with Crippen LogP contribution in [0.4, 0.5) is 8.78 Å². The molecule has 0 fully saturated rings. The molecule has 0 saturated heterocycles. The Bertz CT molecular complexity index is 733. The van der Waals surface area contributed by atoms with Crippen molar-refractivity contribution in [2.75, 3.05) is 6.61 Å². The average molecular weight is 355 g/mol. The van der Waals surface area contributed by atoms with Crippen molar-refractivity contribution in [3.8, 4) is 5.75 Å². The van der Waals surface area contributed by atoms with Crippen molar-refractivity contribution in [3.63, 3.8) is 0 Å². The fourth-order valence-corrected chi connectivity index (χ4v) is 2.26. The van der Waals surface area contributed by atoms with E-state index < -0.39 is 31.0 Å². The predicted molar refractivity (Wildman–Crippen MR) is 80.1 cm³/mol. The number of benzene rings is 1. The lowest BCUT2D eigenvalue weighted by Crippen LogP contribution is -2.33. The van der Waals surface area contributed by atoms with E-state index in [0.29, 0.717) is 4.88 Å². The molecule has 1 aromatic carbocycles. The molecule has 0 saturated carbocycles. The third-order valence-electron chi connectivity index (χ3n) is 2.63. The predicted octanol–water partition coefficient (Wildman–Crippen LogP) is 2.46. The molecule has 1 N–H and O–H groups in total. The Morgan fingerprint density at radius 2 is 1.96 bits per heavy atom. The van der Waals surface area contributed by atoms with Crippen LogP contribution in [0.2, 0.25) is 0 Å². The van der Waals surface area contributed by atoms with Gasteiger partial charge in [0.2, 0.25) is 0 Å². The summed E-state index contributed by atoms with van der Waals surface area (Å²) in [6, 6.07) is 8.13. The highest BCUT2D eigenvalue weighted by Crippen LogP contribution is 2.16. The van der Waals surface area contributed by atoms with Crippen LogP contribution in [-0.4, -0.2) is 31.0 Å². The molecule has 24 heavy (non-hydrogen) atoms. The molecular weight excluding hydrogens is 344 g/mol. The maximum Gasteiger partial charge on any atom is 0.387 e. The van der Waals surface area contributed by atoms with Crippen LogP contribution in [0.15, 0.2) is 41.8 Å². The smallest absolute Gasteiger partial charge is 0.387 e. The standard InChI is InChI=1S/C15H11F2NO5S/c16-15(17)23-10-4-1-3-9(7-10)14(21)22-8-12(19)18-13(20)11-5-2-6-24-11/h1-7,15H,8H2,(H,18,19,20). The summed E-state index contributed by atoms with van der Waals surface area (Å²) in [4.78, 5) is 35.3. The van der Waals surface area contributed by atoms with Gasteiger partial charge in [0.05, 0.1) is 10.4 Å². The highest BCUT2D eigenvalue weighted by Gasteiger charge is 2.15. The number of amides is 2. The molecule has 0 aliphatic rings. The second-order valence-electron chi connectivity index (χ2n) is 4.34. The minimum Gasteiger partial charge on any atom is -0.452 e. The zero-order valence-corrected chi connectivity index (χ0v) is 12.8. The van der Waals surface area contributed by atoms with Gasteiger partial charge >= 0.3 is 12.6 Å². The van der Waals surface area contributed by atoms with Gasteiger partial charge in [0.1, 0.15) is 5.75 Å². The van der Waals surface area contributed by atoms with Gasteiger partial charge in [-0.2, -0.15) is 8.78 Å². The summed E-state index contributed by atoms with van der Waals surface area (Å²) >= 11 is 1.15. The summed E-state index contributed by atoms with van der Waals surface area (Å²) in [5, 5.41) is 3.73. The minimum absolute atomic E-state index is 0.0643. The number of halogens is 2. The van der Waals surface area contributed by atoms with Crippen molar-refractivity contribution in [3.05, 3.63) is 52.2 Å². The topological polar surface area (TPSA) is 81.7 Å². The van der Waals surface area contributed by atoms with Gasteiger partial charge in [0.15, 0.2) is 6.61 Å². The molecular formula is C15H11F2NO5S. The van der Waals surface area contributed by atoms with E-state index in [1.165, 1.54) is 24.3 Å². The molecule has 0 bridgehead atoms. The van der Waals surface area contributed by atoms with Crippen molar-refractivity contribution in [1.29, 1.82) is 0 Å². The van der Waals surface area contributed by atoms with Crippen molar-refractivity contribution in [1.82, 2.24) is 5.32 Å². The lowest BCUT2D eigenvalue weighted by Gasteiger charge is -2.07. The van der Waals surface area contributed by atoms with Gasteiger partial charge in [-0.3, -0.25) is 14.9 Å². The first-order chi connectivity index (χ1) is 11.5. The number of alkyl halides is 2. The quantitative estimate of drug-likeness (QED) is 0.805. The van der Waals surface area contributed by atoms with Crippen LogP contribution in [0.5, 0.6) is 5.75 Å². The summed E-state index contributed by atoms with van der Waals surface area (Å²) in [5.74, 6) is -2.52. The molecule has 0 unspecified atom stereocenters. The van der Waals surface area contributed by atoms with Crippen LogP contribution in [-0.2, 0) is 9.53 Å². The molecule has 0 spiro atoms. The molecule has 9 heteroatoms. The minimum atomic E-state index is -3.02. The van der Waals surface area contributed by atoms with E-state index in [-0.39, 0.29) is 11.3 Å². The average Bonchev–Trinajstić information content (AvgIpc) is 3.06. The molecule has 0 radical (unpaired) electrons. The number of rotatable bonds is 6. The Kier molecular flexibility index (Phi) is 5.96. The SMILES string of the molecule is O=C(COC(=O)c1cccc(OC(F)F)c1)NC(=O)c1cccs1. The van der Waals surface area contributed by atoms with Gasteiger partial charge in [-0.05, 0) is 29.6 Å². The number of carbonyl (C=O) groups excluding carboxylic acids is 3. The number of esters is 1. The molecule has 1 heterocycles. The molecule has 0 atom stereocenters. The summed E-state index contributed by atoms with van der Waals surface area (Å²) in [7, 11) is 0. The molecule has 2 rings (SSSR count). The number of ether oxygens (including phenoxy) is 2. The van der Waals surface area contributed by atoms with E-state index in [0.717, 1.165) is 17.4 Å². The fraction of sp³-hybridized carbons (Fsp3) is 0.133. The van der Waals surface area contributed by atoms with E-state index in [4.69, 9.17) is 4.74 Å². The Morgan fingerprint density at radius 3 is 2.62 bits per heavy atom. The van der Waals surface area contributed by atoms with E-state index in [9.17, 15) is 23.2 Å². The van der Waals surface area contributed by atoms with Gasteiger partial charge in [-0.25, -0.2) is 4.79 Å². The second kappa shape index (κ2) is 8.16. The first kappa shape index (κ1) is 17.5. The van der Waals surface area contributed by atoms with Crippen LogP contribution >= 0.6 is 11.3 Å². The van der Waals surface area contributed by atoms with Gasteiger partial charge in [0, 0.05) is 0 Å². The largest absolute Gasteiger partial charge is 0.452 e. The summed E-state index contributed by atoms with van der Waals surface area (Å²) in [6.45, 7) is -3.71. The Hall–Kier alpha value is -2.81. The third-order valence-corrected chi connectivity index (χ3v) is 3.50. The van der Waals surface area contributed by atoms with Crippen LogP contribution < -0.4 is 10.1 Å². The normalized spacial score (nSPS) is 10.3. The number of nitrogens with one attached hydrogen (secondary N) is 1. The third kappa shape index (κ3) is 5.13. The number of hydrogen-bond acceptors (Lipinski definition) is 6. The monoisotopic (exact) mass is 355 g/mol. The Balaban J connectivity index is 1.86. The van der Waals surface area contributed by atoms with E-state index in [1.54, 1.807) is 11.4 Å². The molecule has 1 aromatic heterocycles. The molecule has 2 aromatic rings. The van der Waals surface area contributed by atoms with Crippen molar-refractivity contribution < 1.29 is 32.6 Å². The second-order valence-corrected chi connectivity index (χ2v) is 5.28. The Labute approximate surface area is 139 Å². The van der Waals surface area contributed by atoms with Crippen molar-refractivity contribution in [2.45, 2.75) is 6.61 Å². The van der Waals surface area contributed by atoms with Gasteiger partial charge in [-0.1, -0.05) is 12.1 Å². The van der Waals surface area contributed by atoms with E-state index >= 15 is 0 Å². The summed E-state index contributed by atoms with van der Waals surface area (Å²) < 4.78 is 33.1. The van der Waals surface area contributed by atoms with Crippen LogP contribution in [0, 0.1) is 0 Å². The summed E-state index contributed by atoms with van der Waals surface area (Å²) in [6.07, 6.45) is 0. The lowest BCUT2D eigenvalue weighted by atomic mass is 10.2. The van der Waals surface area contributed by atoms with E-state index in [1.807, 2.05) is 0 Å². The molecule has 6 nitrogen and oxygen atoms in total. The number of imide groups is 1. The maximum atomic E-state index is 12.1. The fourth-order valence-electron chi connectivity index (χ4n) is 1.65. The number of hydrogen-bond donors (Lipinski definition) is 1. The molecule has 126 valence electrons. The zero-order chi connectivity index (χ0) is 17.5. The van der Waals surface area contributed by atoms with Gasteiger partial charge in [0.25, 0.3) is 11.8 Å². The summed E-state index contributed by atoms with van der Waals surface area (Å²) in [5.41, 5.74) is -0.0643. The van der Waals surface area contributed by atoms with Gasteiger partial charge in [-0.15, -0.1) is 11.3 Å². The number of carbonyl (C=O) groups is 3. The van der Waals surface area contributed by atoms with Crippen molar-refractivity contribution >= 4 is 29.1 Å². The first-order valence-corrected chi connectivity index (χ1v) is 7.43. The highest BCUT2D eigenvalue weighted by atomic mass is 32.1. The van der Waals surface area contributed by atoms with Gasteiger partial charge < -0.3 is 9.47 Å². The molecule has 2 amide bonds. The van der Waals surface area contributed by atoms with Crippen LogP contribution in [0.1, 0.15) is 20.0 Å². The van der Waals surface area contributed by atoms with Crippen molar-refractivity contribution in [2.24, 2.45) is 0 Å². The Morgan fingerprint density at radius 1 is 1.17 bits per heavy atom.